The van der Waals surface area contributed by atoms with Crippen molar-refractivity contribution in [3.8, 4) is 0 Å². The average molecular weight is 574 g/mol. The molecule has 1 aromatic carbocycles. The van der Waals surface area contributed by atoms with Crippen LogP contribution in [0.2, 0.25) is 0 Å². The lowest BCUT2D eigenvalue weighted by atomic mass is 9.97. The van der Waals surface area contributed by atoms with Gasteiger partial charge in [0.05, 0.1) is 12.6 Å². The van der Waals surface area contributed by atoms with Crippen molar-refractivity contribution in [3.63, 3.8) is 0 Å². The number of nitrogens with one attached hydrogen (secondary N) is 3. The van der Waals surface area contributed by atoms with Crippen LogP contribution < -0.4 is 16.0 Å². The van der Waals surface area contributed by atoms with Crippen LogP contribution in [0.1, 0.15) is 46.1 Å². The van der Waals surface area contributed by atoms with Crippen LogP contribution in [0.4, 0.5) is 0 Å². The number of aliphatic hydroxyl groups is 1. The van der Waals surface area contributed by atoms with Gasteiger partial charge in [0.25, 0.3) is 5.91 Å². The van der Waals surface area contributed by atoms with Crippen molar-refractivity contribution >= 4 is 29.5 Å². The number of hydrogen-bond acceptors (Lipinski definition) is 7. The lowest BCUT2D eigenvalue weighted by Crippen LogP contribution is -2.58. The van der Waals surface area contributed by atoms with Crippen molar-refractivity contribution < 1.29 is 33.8 Å². The molecule has 0 aromatic heterocycles. The Labute approximate surface area is 241 Å². The van der Waals surface area contributed by atoms with Gasteiger partial charge in [-0.25, -0.2) is 0 Å². The van der Waals surface area contributed by atoms with E-state index in [0.29, 0.717) is 6.42 Å². The molecule has 0 radical (unpaired) electrons. The molecule has 2 aliphatic heterocycles. The van der Waals surface area contributed by atoms with Gasteiger partial charge in [0.2, 0.25) is 23.6 Å². The molecule has 0 bridgehead atoms. The first-order chi connectivity index (χ1) is 19.4. The van der Waals surface area contributed by atoms with Crippen LogP contribution in [-0.2, 0) is 35.1 Å². The number of fused-ring (bicyclic) bond motifs is 1. The molecule has 3 rings (SSSR count). The van der Waals surface area contributed by atoms with E-state index in [-0.39, 0.29) is 44.9 Å². The molecule has 2 heterocycles. The molecule has 2 fully saturated rings. The maximum atomic E-state index is 13.8. The zero-order valence-corrected chi connectivity index (χ0v) is 24.5. The number of aliphatic hydroxyl groups excluding tert-OH is 1. The van der Waals surface area contributed by atoms with Crippen LogP contribution >= 0.6 is 0 Å². The normalized spacial score (nSPS) is 25.8. The smallest absolute Gasteiger partial charge is 0.254 e. The number of amides is 5. The molecule has 0 aliphatic carbocycles. The van der Waals surface area contributed by atoms with Crippen molar-refractivity contribution in [1.29, 1.82) is 0 Å². The van der Waals surface area contributed by atoms with Crippen LogP contribution in [0, 0.1) is 5.92 Å². The van der Waals surface area contributed by atoms with Crippen LogP contribution in [-0.4, -0.2) is 108 Å². The van der Waals surface area contributed by atoms with Gasteiger partial charge in [-0.2, -0.15) is 0 Å². The Bertz CT molecular complexity index is 1110. The molecular weight excluding hydrogens is 530 g/mol. The van der Waals surface area contributed by atoms with Gasteiger partial charge < -0.3 is 35.6 Å². The van der Waals surface area contributed by atoms with Crippen LogP contribution in [0.3, 0.4) is 0 Å². The van der Waals surface area contributed by atoms with E-state index >= 15 is 0 Å². The van der Waals surface area contributed by atoms with Gasteiger partial charge in [0.1, 0.15) is 23.7 Å². The molecule has 12 heteroatoms. The van der Waals surface area contributed by atoms with Gasteiger partial charge in [-0.15, -0.1) is 0 Å². The lowest BCUT2D eigenvalue weighted by molar-refractivity contribution is -0.153. The van der Waals surface area contributed by atoms with E-state index in [1.807, 2.05) is 44.2 Å². The predicted octanol–water partition coefficient (Wildman–Crippen LogP) is -0.410. The number of hydrogen-bond donors (Lipinski definition) is 4. The fraction of sp³-hybridized carbons (Fsp3) is 0.621. The molecule has 12 nitrogen and oxygen atoms in total. The van der Waals surface area contributed by atoms with Crippen LogP contribution in [0.5, 0.6) is 0 Å². The molecule has 41 heavy (non-hydrogen) atoms. The van der Waals surface area contributed by atoms with Crippen molar-refractivity contribution in [2.45, 2.75) is 76.8 Å². The third-order valence-electron chi connectivity index (χ3n) is 7.90. The highest BCUT2D eigenvalue weighted by atomic mass is 16.5. The Kier molecular flexibility index (Phi) is 10.9. The van der Waals surface area contributed by atoms with E-state index in [4.69, 9.17) is 4.74 Å². The SMILES string of the molecule is CC[C@H](C)[C@@H]1NC(=O)CN(C(=O)C(C)(C)OC)CCNC(=O)[C@H](Cc2ccccc2)NC(=O)[C@@H]2C[C@@H](O)CN2C1=O. The summed E-state index contributed by atoms with van der Waals surface area (Å²) in [5.74, 6) is -2.86. The third kappa shape index (κ3) is 8.04. The first kappa shape index (κ1) is 32.0. The highest BCUT2D eigenvalue weighted by molar-refractivity contribution is 5.96. The minimum atomic E-state index is -1.23. The lowest BCUT2D eigenvalue weighted by Gasteiger charge is -2.33. The summed E-state index contributed by atoms with van der Waals surface area (Å²) >= 11 is 0. The highest BCUT2D eigenvalue weighted by Crippen LogP contribution is 2.23. The van der Waals surface area contributed by atoms with E-state index in [0.717, 1.165) is 5.56 Å². The van der Waals surface area contributed by atoms with E-state index in [1.54, 1.807) is 13.8 Å². The molecule has 5 atom stereocenters. The Hall–Kier alpha value is -3.51. The summed E-state index contributed by atoms with van der Waals surface area (Å²) in [6.45, 7) is 6.42. The number of rotatable bonds is 6. The van der Waals surface area contributed by atoms with Crippen molar-refractivity contribution in [2.75, 3.05) is 33.3 Å². The minimum absolute atomic E-state index is 0.000324. The first-order valence-corrected chi connectivity index (χ1v) is 14.1. The topological polar surface area (TPSA) is 157 Å². The molecule has 2 aliphatic rings. The summed E-state index contributed by atoms with van der Waals surface area (Å²) in [5.41, 5.74) is -0.419. The number of benzene rings is 1. The molecule has 0 spiro atoms. The second-order valence-corrected chi connectivity index (χ2v) is 11.3. The number of ether oxygens (including phenoxy) is 1. The Morgan fingerprint density at radius 3 is 2.44 bits per heavy atom. The quantitative estimate of drug-likeness (QED) is 0.360. The van der Waals surface area contributed by atoms with Gasteiger partial charge in [-0.1, -0.05) is 50.6 Å². The van der Waals surface area contributed by atoms with Gasteiger partial charge >= 0.3 is 0 Å². The number of carbonyl (C=O) groups excluding carboxylic acids is 5. The first-order valence-electron chi connectivity index (χ1n) is 14.1. The number of nitrogens with zero attached hydrogens (tertiary/aromatic N) is 2. The van der Waals surface area contributed by atoms with E-state index in [9.17, 15) is 29.1 Å². The standard InChI is InChI=1S/C29H43N5O7/c1-6-18(2)24-27(39)34-16-20(35)15-22(34)26(38)31-21(14-19-10-8-7-9-11-19)25(37)30-12-13-33(17-23(36)32-24)28(40)29(3,4)41-5/h7-11,18,20-22,24,35H,6,12-17H2,1-5H3,(H,30,37)(H,31,38)(H,32,36)/t18-,20+,21-,22-,24-/m0/s1. The Morgan fingerprint density at radius 2 is 1.80 bits per heavy atom. The van der Waals surface area contributed by atoms with Crippen molar-refractivity contribution in [1.82, 2.24) is 25.8 Å². The van der Waals surface area contributed by atoms with Crippen molar-refractivity contribution in [2.24, 2.45) is 5.92 Å². The minimum Gasteiger partial charge on any atom is -0.391 e. The van der Waals surface area contributed by atoms with Gasteiger partial charge in [-0.3, -0.25) is 24.0 Å². The zero-order valence-electron chi connectivity index (χ0n) is 24.5. The maximum absolute atomic E-state index is 13.8. The summed E-state index contributed by atoms with van der Waals surface area (Å²) in [6.07, 6.45) is -0.183. The van der Waals surface area contributed by atoms with Crippen molar-refractivity contribution in [3.05, 3.63) is 35.9 Å². The molecule has 0 unspecified atom stereocenters. The second kappa shape index (κ2) is 13.9. The maximum Gasteiger partial charge on any atom is 0.254 e. The summed E-state index contributed by atoms with van der Waals surface area (Å²) in [4.78, 5) is 69.7. The summed E-state index contributed by atoms with van der Waals surface area (Å²) < 4.78 is 5.34. The second-order valence-electron chi connectivity index (χ2n) is 11.3. The fourth-order valence-electron chi connectivity index (χ4n) is 5.04. The predicted molar refractivity (Wildman–Crippen MR) is 150 cm³/mol. The summed E-state index contributed by atoms with van der Waals surface area (Å²) in [7, 11) is 1.39. The average Bonchev–Trinajstić information content (AvgIpc) is 3.35. The van der Waals surface area contributed by atoms with E-state index in [1.165, 1.54) is 16.9 Å². The molecule has 0 saturated carbocycles. The van der Waals surface area contributed by atoms with Crippen LogP contribution in [0.15, 0.2) is 30.3 Å². The molecule has 226 valence electrons. The number of methoxy groups -OCH3 is 1. The molecule has 2 saturated heterocycles. The monoisotopic (exact) mass is 573 g/mol. The van der Waals surface area contributed by atoms with Gasteiger partial charge in [-0.05, 0) is 25.3 Å². The van der Waals surface area contributed by atoms with Gasteiger partial charge in [0, 0.05) is 39.6 Å². The Morgan fingerprint density at radius 1 is 1.12 bits per heavy atom. The molecule has 4 N–H and O–H groups in total. The van der Waals surface area contributed by atoms with E-state index < -0.39 is 59.4 Å². The third-order valence-corrected chi connectivity index (χ3v) is 7.90. The fourth-order valence-corrected chi connectivity index (χ4v) is 5.04. The summed E-state index contributed by atoms with van der Waals surface area (Å²) in [5, 5.41) is 18.8. The summed E-state index contributed by atoms with van der Waals surface area (Å²) in [6, 6.07) is 6.21. The molecule has 5 amide bonds. The zero-order chi connectivity index (χ0) is 30.3. The van der Waals surface area contributed by atoms with E-state index in [2.05, 4.69) is 16.0 Å². The van der Waals surface area contributed by atoms with Gasteiger partial charge in [0.15, 0.2) is 0 Å². The molecule has 1 aromatic rings. The largest absolute Gasteiger partial charge is 0.391 e. The van der Waals surface area contributed by atoms with Crippen LogP contribution in [0.25, 0.3) is 0 Å². The highest BCUT2D eigenvalue weighted by Gasteiger charge is 2.44. The number of carbonyl (C=O) groups is 5. The Balaban J connectivity index is 1.99. The molecular formula is C29H43N5O7.